The van der Waals surface area contributed by atoms with Gasteiger partial charge in [0.25, 0.3) is 0 Å². The molecule has 0 radical (unpaired) electrons. The fraction of sp³-hybridized carbons (Fsp3) is 0.368. The Morgan fingerprint density at radius 2 is 2.00 bits per heavy atom. The summed E-state index contributed by atoms with van der Waals surface area (Å²) < 4.78 is 2.00. The van der Waals surface area contributed by atoms with Gasteiger partial charge in [0.15, 0.2) is 5.65 Å². The van der Waals surface area contributed by atoms with Gasteiger partial charge >= 0.3 is 0 Å². The van der Waals surface area contributed by atoms with E-state index >= 15 is 0 Å². The van der Waals surface area contributed by atoms with Crippen LogP contribution in [0.2, 0.25) is 5.02 Å². The average Bonchev–Trinajstić information content (AvgIpc) is 3.13. The van der Waals surface area contributed by atoms with E-state index in [1.54, 1.807) is 0 Å². The molecular weight excluding hydrogens is 320 g/mol. The van der Waals surface area contributed by atoms with E-state index in [0.29, 0.717) is 0 Å². The van der Waals surface area contributed by atoms with Crippen molar-refractivity contribution >= 4 is 23.1 Å². The molecule has 0 atom stereocenters. The van der Waals surface area contributed by atoms with Crippen molar-refractivity contribution in [3.8, 4) is 11.3 Å². The van der Waals surface area contributed by atoms with E-state index in [9.17, 15) is 0 Å². The van der Waals surface area contributed by atoms with Crippen molar-refractivity contribution in [1.29, 1.82) is 0 Å². The SMILES string of the molecule is Clc1ccc(-c2cc3nc4c(c(NCC5CC5)n3n2)CCC4)cc1. The quantitative estimate of drug-likeness (QED) is 0.768. The van der Waals surface area contributed by atoms with E-state index < -0.39 is 0 Å². The Labute approximate surface area is 145 Å². The molecule has 24 heavy (non-hydrogen) atoms. The molecule has 2 aliphatic rings. The molecule has 5 heteroatoms. The van der Waals surface area contributed by atoms with Crippen molar-refractivity contribution in [3.05, 3.63) is 46.6 Å². The van der Waals surface area contributed by atoms with Gasteiger partial charge in [0.05, 0.1) is 5.69 Å². The second-order valence-corrected chi connectivity index (χ2v) is 7.31. The maximum atomic E-state index is 6.00. The fourth-order valence-electron chi connectivity index (χ4n) is 3.49. The van der Waals surface area contributed by atoms with Crippen LogP contribution in [0.1, 0.15) is 30.5 Å². The number of aryl methyl sites for hydroxylation is 1. The Bertz CT molecular complexity index is 909. The molecule has 1 N–H and O–H groups in total. The van der Waals surface area contributed by atoms with E-state index in [2.05, 4.69) is 11.4 Å². The summed E-state index contributed by atoms with van der Waals surface area (Å²) >= 11 is 6.00. The summed E-state index contributed by atoms with van der Waals surface area (Å²) in [4.78, 5) is 4.86. The number of hydrogen-bond donors (Lipinski definition) is 1. The topological polar surface area (TPSA) is 42.2 Å². The molecule has 2 aromatic heterocycles. The van der Waals surface area contributed by atoms with Gasteiger partial charge in [-0.25, -0.2) is 4.98 Å². The molecule has 0 aliphatic heterocycles. The van der Waals surface area contributed by atoms with Crippen LogP contribution in [-0.4, -0.2) is 21.1 Å². The summed E-state index contributed by atoms with van der Waals surface area (Å²) in [6.45, 7) is 1.04. The first-order valence-electron chi connectivity index (χ1n) is 8.69. The zero-order valence-corrected chi connectivity index (χ0v) is 14.2. The van der Waals surface area contributed by atoms with Crippen molar-refractivity contribution in [2.24, 2.45) is 5.92 Å². The van der Waals surface area contributed by atoms with Crippen molar-refractivity contribution in [1.82, 2.24) is 14.6 Å². The normalized spacial score (nSPS) is 16.5. The van der Waals surface area contributed by atoms with E-state index in [-0.39, 0.29) is 0 Å². The van der Waals surface area contributed by atoms with Gasteiger partial charge in [-0.1, -0.05) is 23.7 Å². The lowest BCUT2D eigenvalue weighted by molar-refractivity contribution is 0.847. The first-order chi connectivity index (χ1) is 11.8. The standard InChI is InChI=1S/C19H19ClN4/c20-14-8-6-13(7-9-14)17-10-18-22-16-3-1-2-15(16)19(24(18)23-17)21-11-12-4-5-12/h6-10,12,21H,1-5,11H2. The molecule has 1 aromatic carbocycles. The number of fused-ring (bicyclic) bond motifs is 2. The highest BCUT2D eigenvalue weighted by Gasteiger charge is 2.25. The molecule has 4 nitrogen and oxygen atoms in total. The molecule has 0 spiro atoms. The highest BCUT2D eigenvalue weighted by molar-refractivity contribution is 6.30. The first-order valence-corrected chi connectivity index (χ1v) is 9.07. The summed E-state index contributed by atoms with van der Waals surface area (Å²) in [6.07, 6.45) is 6.06. The molecule has 1 fully saturated rings. The molecule has 5 rings (SSSR count). The van der Waals surface area contributed by atoms with Gasteiger partial charge in [0, 0.05) is 34.5 Å². The maximum absolute atomic E-state index is 6.00. The molecule has 2 aliphatic carbocycles. The van der Waals surface area contributed by atoms with Crippen molar-refractivity contribution in [2.75, 3.05) is 11.9 Å². The third kappa shape index (κ3) is 2.46. The molecular formula is C19H19ClN4. The van der Waals surface area contributed by atoms with E-state index in [4.69, 9.17) is 21.7 Å². The van der Waals surface area contributed by atoms with Crippen LogP contribution in [0.4, 0.5) is 5.82 Å². The molecule has 2 heterocycles. The van der Waals surface area contributed by atoms with Gasteiger partial charge in [0.1, 0.15) is 5.82 Å². The van der Waals surface area contributed by atoms with E-state index in [0.717, 1.165) is 53.0 Å². The highest BCUT2D eigenvalue weighted by atomic mass is 35.5. The second-order valence-electron chi connectivity index (χ2n) is 6.87. The van der Waals surface area contributed by atoms with E-state index in [1.807, 2.05) is 28.8 Å². The van der Waals surface area contributed by atoms with Gasteiger partial charge < -0.3 is 5.32 Å². The Kier molecular flexibility index (Phi) is 3.27. The van der Waals surface area contributed by atoms with Gasteiger partial charge in [-0.05, 0) is 50.2 Å². The minimum Gasteiger partial charge on any atom is -0.369 e. The lowest BCUT2D eigenvalue weighted by Crippen LogP contribution is -2.12. The first kappa shape index (κ1) is 14.3. The van der Waals surface area contributed by atoms with Crippen LogP contribution in [0.15, 0.2) is 30.3 Å². The van der Waals surface area contributed by atoms with Crippen LogP contribution in [0.3, 0.4) is 0 Å². The largest absolute Gasteiger partial charge is 0.369 e. The van der Waals surface area contributed by atoms with E-state index in [1.165, 1.54) is 30.5 Å². The van der Waals surface area contributed by atoms with Crippen molar-refractivity contribution in [2.45, 2.75) is 32.1 Å². The maximum Gasteiger partial charge on any atom is 0.158 e. The summed E-state index contributed by atoms with van der Waals surface area (Å²) in [5.74, 6) is 1.98. The van der Waals surface area contributed by atoms with Crippen LogP contribution in [0.5, 0.6) is 0 Å². The molecule has 0 saturated heterocycles. The third-order valence-corrected chi connectivity index (χ3v) is 5.27. The lowest BCUT2D eigenvalue weighted by atomic mass is 10.1. The van der Waals surface area contributed by atoms with Crippen molar-refractivity contribution < 1.29 is 0 Å². The second kappa shape index (κ2) is 5.49. The smallest absolute Gasteiger partial charge is 0.158 e. The predicted molar refractivity (Wildman–Crippen MR) is 96.7 cm³/mol. The Morgan fingerprint density at radius 1 is 1.17 bits per heavy atom. The number of hydrogen-bond acceptors (Lipinski definition) is 3. The molecule has 0 bridgehead atoms. The number of anilines is 1. The summed E-state index contributed by atoms with van der Waals surface area (Å²) in [7, 11) is 0. The predicted octanol–water partition coefficient (Wildman–Crippen LogP) is 4.36. The molecule has 0 amide bonds. The number of nitrogens with one attached hydrogen (secondary N) is 1. The van der Waals surface area contributed by atoms with Crippen LogP contribution in [0, 0.1) is 5.92 Å². The Morgan fingerprint density at radius 3 is 2.79 bits per heavy atom. The van der Waals surface area contributed by atoms with Gasteiger partial charge in [0.2, 0.25) is 0 Å². The van der Waals surface area contributed by atoms with Gasteiger partial charge in [-0.3, -0.25) is 0 Å². The van der Waals surface area contributed by atoms with Gasteiger partial charge in [-0.15, -0.1) is 0 Å². The highest BCUT2D eigenvalue weighted by Crippen LogP contribution is 2.33. The van der Waals surface area contributed by atoms with Crippen LogP contribution in [-0.2, 0) is 12.8 Å². The van der Waals surface area contributed by atoms with Crippen LogP contribution < -0.4 is 5.32 Å². The third-order valence-electron chi connectivity index (χ3n) is 5.02. The van der Waals surface area contributed by atoms with Crippen LogP contribution >= 0.6 is 11.6 Å². The number of rotatable bonds is 4. The monoisotopic (exact) mass is 338 g/mol. The zero-order valence-electron chi connectivity index (χ0n) is 13.4. The van der Waals surface area contributed by atoms with Gasteiger partial charge in [-0.2, -0.15) is 9.61 Å². The molecule has 0 unspecified atom stereocenters. The average molecular weight is 339 g/mol. The molecule has 122 valence electrons. The minimum atomic E-state index is 0.742. The number of nitrogens with zero attached hydrogens (tertiary/aromatic N) is 3. The summed E-state index contributed by atoms with van der Waals surface area (Å²) in [5, 5.41) is 9.24. The summed E-state index contributed by atoms with van der Waals surface area (Å²) in [5.41, 5.74) is 5.53. The lowest BCUT2D eigenvalue weighted by Gasteiger charge is -2.12. The van der Waals surface area contributed by atoms with Crippen molar-refractivity contribution in [3.63, 3.8) is 0 Å². The zero-order chi connectivity index (χ0) is 16.1. The minimum absolute atomic E-state index is 0.742. The summed E-state index contributed by atoms with van der Waals surface area (Å²) in [6, 6.07) is 9.90. The molecule has 3 aromatic rings. The number of benzene rings is 1. The number of halogens is 1. The number of aromatic nitrogens is 3. The Hall–Kier alpha value is -2.07. The fourth-order valence-corrected chi connectivity index (χ4v) is 3.62. The Balaban J connectivity index is 1.62. The molecule has 1 saturated carbocycles. The van der Waals surface area contributed by atoms with Crippen LogP contribution in [0.25, 0.3) is 16.9 Å².